The van der Waals surface area contributed by atoms with Crippen LogP contribution in [0.2, 0.25) is 0 Å². The second kappa shape index (κ2) is 7.57. The Morgan fingerprint density at radius 3 is 2.67 bits per heavy atom. The number of hydrogen-bond acceptors (Lipinski definition) is 4. The standard InChI is InChI=1S/C18H21N3O2S/c22-16(21-14-6-4-10-19-12-14)13-20-17(23)18(8-2-1-3-9-18)15-7-5-11-24-15/h4-7,10-12H,1-3,8-9,13H2,(H,20,23)(H,21,22). The molecule has 2 aromatic rings. The van der Waals surface area contributed by atoms with Crippen LogP contribution in [-0.4, -0.2) is 23.3 Å². The Bertz CT molecular complexity index is 680. The summed E-state index contributed by atoms with van der Waals surface area (Å²) in [6.07, 6.45) is 8.19. The summed E-state index contributed by atoms with van der Waals surface area (Å²) >= 11 is 1.62. The van der Waals surface area contributed by atoms with Crippen molar-refractivity contribution >= 4 is 28.8 Å². The van der Waals surface area contributed by atoms with Crippen LogP contribution in [0.25, 0.3) is 0 Å². The number of thiophene rings is 1. The molecule has 0 aromatic carbocycles. The fourth-order valence-electron chi connectivity index (χ4n) is 3.26. The summed E-state index contributed by atoms with van der Waals surface area (Å²) in [5.74, 6) is -0.278. The van der Waals surface area contributed by atoms with E-state index in [4.69, 9.17) is 0 Å². The Morgan fingerprint density at radius 1 is 1.17 bits per heavy atom. The number of anilines is 1. The highest BCUT2D eigenvalue weighted by molar-refractivity contribution is 7.10. The molecule has 1 aliphatic rings. The van der Waals surface area contributed by atoms with Gasteiger partial charge in [-0.25, -0.2) is 0 Å². The molecular weight excluding hydrogens is 322 g/mol. The molecule has 0 bridgehead atoms. The molecule has 0 saturated heterocycles. The molecule has 0 atom stereocenters. The smallest absolute Gasteiger partial charge is 0.243 e. The molecule has 0 spiro atoms. The first-order chi connectivity index (χ1) is 11.7. The van der Waals surface area contributed by atoms with Crippen LogP contribution in [0.4, 0.5) is 5.69 Å². The highest BCUT2D eigenvalue weighted by Gasteiger charge is 2.41. The van der Waals surface area contributed by atoms with Gasteiger partial charge in [-0.3, -0.25) is 14.6 Å². The van der Waals surface area contributed by atoms with E-state index in [2.05, 4.69) is 15.6 Å². The van der Waals surface area contributed by atoms with Crippen molar-refractivity contribution < 1.29 is 9.59 Å². The monoisotopic (exact) mass is 343 g/mol. The summed E-state index contributed by atoms with van der Waals surface area (Å²) in [6, 6.07) is 7.53. The fourth-order valence-corrected chi connectivity index (χ4v) is 4.25. The summed E-state index contributed by atoms with van der Waals surface area (Å²) in [4.78, 5) is 30.0. The van der Waals surface area contributed by atoms with Crippen LogP contribution in [0, 0.1) is 0 Å². The molecule has 2 heterocycles. The van der Waals surface area contributed by atoms with E-state index < -0.39 is 5.41 Å². The predicted molar refractivity (Wildman–Crippen MR) is 95.0 cm³/mol. The topological polar surface area (TPSA) is 71.1 Å². The number of amides is 2. The lowest BCUT2D eigenvalue weighted by Crippen LogP contribution is -2.47. The van der Waals surface area contributed by atoms with Crippen molar-refractivity contribution in [1.29, 1.82) is 0 Å². The Hall–Kier alpha value is -2.21. The van der Waals surface area contributed by atoms with E-state index in [-0.39, 0.29) is 18.4 Å². The van der Waals surface area contributed by atoms with E-state index in [9.17, 15) is 9.59 Å². The SMILES string of the molecule is O=C(CNC(=O)C1(c2cccs2)CCCCC1)Nc1cccnc1. The minimum absolute atomic E-state index is 0.0269. The maximum Gasteiger partial charge on any atom is 0.243 e. The molecule has 0 aliphatic heterocycles. The van der Waals surface area contributed by atoms with Gasteiger partial charge in [-0.05, 0) is 36.4 Å². The maximum absolute atomic E-state index is 12.9. The normalized spacial score (nSPS) is 16.3. The lowest BCUT2D eigenvalue weighted by atomic mass is 9.72. The lowest BCUT2D eigenvalue weighted by Gasteiger charge is -2.35. The van der Waals surface area contributed by atoms with Gasteiger partial charge in [-0.1, -0.05) is 25.3 Å². The van der Waals surface area contributed by atoms with Gasteiger partial charge in [0.15, 0.2) is 0 Å². The van der Waals surface area contributed by atoms with E-state index in [1.807, 2.05) is 17.5 Å². The average molecular weight is 343 g/mol. The van der Waals surface area contributed by atoms with Crippen molar-refractivity contribution in [3.05, 3.63) is 46.9 Å². The van der Waals surface area contributed by atoms with Crippen LogP contribution in [0.3, 0.4) is 0 Å². The number of carbonyl (C=O) groups is 2. The van der Waals surface area contributed by atoms with E-state index in [1.165, 1.54) is 6.42 Å². The molecule has 1 saturated carbocycles. The van der Waals surface area contributed by atoms with Gasteiger partial charge in [0, 0.05) is 11.1 Å². The van der Waals surface area contributed by atoms with Crippen molar-refractivity contribution in [1.82, 2.24) is 10.3 Å². The van der Waals surface area contributed by atoms with E-state index >= 15 is 0 Å². The third kappa shape index (κ3) is 3.64. The molecule has 1 fully saturated rings. The second-order valence-electron chi connectivity index (χ2n) is 6.09. The minimum Gasteiger partial charge on any atom is -0.346 e. The van der Waals surface area contributed by atoms with Gasteiger partial charge in [0.25, 0.3) is 0 Å². The Morgan fingerprint density at radius 2 is 2.00 bits per heavy atom. The van der Waals surface area contributed by atoms with Crippen LogP contribution < -0.4 is 10.6 Å². The van der Waals surface area contributed by atoms with Gasteiger partial charge in [0.05, 0.1) is 23.8 Å². The zero-order valence-electron chi connectivity index (χ0n) is 13.5. The van der Waals surface area contributed by atoms with Crippen molar-refractivity contribution in [3.63, 3.8) is 0 Å². The summed E-state index contributed by atoms with van der Waals surface area (Å²) in [6.45, 7) is -0.0269. The first-order valence-corrected chi connectivity index (χ1v) is 9.11. The predicted octanol–water partition coefficient (Wildman–Crippen LogP) is 3.10. The number of pyridine rings is 1. The molecule has 0 unspecified atom stereocenters. The number of hydrogen-bond donors (Lipinski definition) is 2. The first kappa shape index (κ1) is 16.6. The Kier molecular flexibility index (Phi) is 5.25. The maximum atomic E-state index is 12.9. The molecule has 2 amide bonds. The highest BCUT2D eigenvalue weighted by atomic mass is 32.1. The van der Waals surface area contributed by atoms with Gasteiger partial charge in [0.1, 0.15) is 0 Å². The molecule has 5 nitrogen and oxygen atoms in total. The second-order valence-corrected chi connectivity index (χ2v) is 7.04. The number of nitrogens with zero attached hydrogens (tertiary/aromatic N) is 1. The van der Waals surface area contributed by atoms with Crippen molar-refractivity contribution in [3.8, 4) is 0 Å². The van der Waals surface area contributed by atoms with Crippen molar-refractivity contribution in [2.45, 2.75) is 37.5 Å². The quantitative estimate of drug-likeness (QED) is 0.876. The van der Waals surface area contributed by atoms with E-state index in [1.54, 1.807) is 35.9 Å². The molecule has 3 rings (SSSR count). The largest absolute Gasteiger partial charge is 0.346 e. The molecule has 6 heteroatoms. The van der Waals surface area contributed by atoms with Crippen LogP contribution in [0.1, 0.15) is 37.0 Å². The molecule has 2 N–H and O–H groups in total. The number of nitrogens with one attached hydrogen (secondary N) is 2. The first-order valence-electron chi connectivity index (χ1n) is 8.23. The van der Waals surface area contributed by atoms with E-state index in [0.717, 1.165) is 30.6 Å². The number of aromatic nitrogens is 1. The summed E-state index contributed by atoms with van der Waals surface area (Å²) in [5, 5.41) is 7.58. The van der Waals surface area contributed by atoms with Crippen molar-refractivity contribution in [2.75, 3.05) is 11.9 Å². The van der Waals surface area contributed by atoms with Crippen LogP contribution in [0.15, 0.2) is 42.0 Å². The van der Waals surface area contributed by atoms with Crippen LogP contribution in [-0.2, 0) is 15.0 Å². The van der Waals surface area contributed by atoms with Gasteiger partial charge < -0.3 is 10.6 Å². The van der Waals surface area contributed by atoms with Gasteiger partial charge in [-0.15, -0.1) is 11.3 Å². The van der Waals surface area contributed by atoms with Crippen LogP contribution in [0.5, 0.6) is 0 Å². The molecule has 1 aliphatic carbocycles. The third-order valence-electron chi connectivity index (χ3n) is 4.49. The van der Waals surface area contributed by atoms with Crippen molar-refractivity contribution in [2.24, 2.45) is 0 Å². The minimum atomic E-state index is -0.471. The Labute approximate surface area is 145 Å². The zero-order chi connectivity index (χ0) is 16.8. The zero-order valence-corrected chi connectivity index (χ0v) is 14.3. The summed E-state index contributed by atoms with van der Waals surface area (Å²) < 4.78 is 0. The molecule has 24 heavy (non-hydrogen) atoms. The third-order valence-corrected chi connectivity index (χ3v) is 5.56. The summed E-state index contributed by atoms with van der Waals surface area (Å²) in [7, 11) is 0. The summed E-state index contributed by atoms with van der Waals surface area (Å²) in [5.41, 5.74) is 0.156. The van der Waals surface area contributed by atoms with Gasteiger partial charge in [0.2, 0.25) is 11.8 Å². The molecule has 0 radical (unpaired) electrons. The Balaban J connectivity index is 1.63. The molecule has 2 aromatic heterocycles. The highest BCUT2D eigenvalue weighted by Crippen LogP contribution is 2.41. The molecule has 126 valence electrons. The lowest BCUT2D eigenvalue weighted by molar-refractivity contribution is -0.129. The van der Waals surface area contributed by atoms with Crippen LogP contribution >= 0.6 is 11.3 Å². The van der Waals surface area contributed by atoms with E-state index in [0.29, 0.717) is 5.69 Å². The fraction of sp³-hybridized carbons (Fsp3) is 0.389. The average Bonchev–Trinajstić information content (AvgIpc) is 3.16. The number of rotatable bonds is 5. The van der Waals surface area contributed by atoms with Gasteiger partial charge in [-0.2, -0.15) is 0 Å². The van der Waals surface area contributed by atoms with Gasteiger partial charge >= 0.3 is 0 Å². The number of carbonyl (C=O) groups excluding carboxylic acids is 2. The molecular formula is C18H21N3O2S.